The number of hydrogen-bond donors (Lipinski definition) is 0. The number of amides is 1. The second-order valence-electron chi connectivity index (χ2n) is 4.21. The summed E-state index contributed by atoms with van der Waals surface area (Å²) in [5.41, 5.74) is 0. The molecule has 0 spiro atoms. The highest BCUT2D eigenvalue weighted by atomic mass is 32.1. The van der Waals surface area contributed by atoms with Crippen molar-refractivity contribution in [1.29, 1.82) is 0 Å². The van der Waals surface area contributed by atoms with Crippen LogP contribution in [0.25, 0.3) is 0 Å². The minimum atomic E-state index is 0.251. The lowest BCUT2D eigenvalue weighted by Gasteiger charge is -2.15. The van der Waals surface area contributed by atoms with Crippen molar-refractivity contribution in [2.45, 2.75) is 12.8 Å². The van der Waals surface area contributed by atoms with Gasteiger partial charge in [0.2, 0.25) is 5.91 Å². The molecule has 1 aliphatic rings. The first-order valence-corrected chi connectivity index (χ1v) is 6.46. The van der Waals surface area contributed by atoms with Crippen molar-refractivity contribution in [3.8, 4) is 0 Å². The molecule has 0 N–H and O–H groups in total. The maximum Gasteiger partial charge on any atom is 0.227 e. The summed E-state index contributed by atoms with van der Waals surface area (Å²) in [6, 6.07) is 4.01. The number of hydrogen-bond acceptors (Lipinski definition) is 3. The Balaban J connectivity index is 1.83. The lowest BCUT2D eigenvalue weighted by atomic mass is 10.1. The fraction of sp³-hybridized carbons (Fsp3) is 0.583. The van der Waals surface area contributed by atoms with E-state index in [2.05, 4.69) is 0 Å². The fourth-order valence-corrected chi connectivity index (χ4v) is 2.80. The van der Waals surface area contributed by atoms with Gasteiger partial charge in [0.1, 0.15) is 0 Å². The Morgan fingerprint density at radius 1 is 1.69 bits per heavy atom. The van der Waals surface area contributed by atoms with Gasteiger partial charge in [-0.2, -0.15) is 0 Å². The van der Waals surface area contributed by atoms with Crippen LogP contribution in [0.1, 0.15) is 11.3 Å². The lowest BCUT2D eigenvalue weighted by Crippen LogP contribution is -2.30. The molecule has 1 aromatic heterocycles. The van der Waals surface area contributed by atoms with E-state index in [0.717, 1.165) is 31.0 Å². The van der Waals surface area contributed by atoms with Crippen molar-refractivity contribution in [2.75, 3.05) is 26.8 Å². The number of thiophene rings is 1. The molecule has 0 unspecified atom stereocenters. The van der Waals surface area contributed by atoms with E-state index in [1.807, 2.05) is 22.4 Å². The first-order chi connectivity index (χ1) is 7.79. The summed E-state index contributed by atoms with van der Waals surface area (Å²) in [4.78, 5) is 15.1. The van der Waals surface area contributed by atoms with Gasteiger partial charge in [0.15, 0.2) is 0 Å². The predicted octanol–water partition coefficient (Wildman–Crippen LogP) is 1.79. The number of methoxy groups -OCH3 is 1. The summed E-state index contributed by atoms with van der Waals surface area (Å²) in [6.45, 7) is 2.51. The highest BCUT2D eigenvalue weighted by Gasteiger charge is 2.25. The molecule has 1 saturated heterocycles. The molecule has 0 aliphatic carbocycles. The topological polar surface area (TPSA) is 29.5 Å². The van der Waals surface area contributed by atoms with Gasteiger partial charge in [-0.3, -0.25) is 4.79 Å². The van der Waals surface area contributed by atoms with Crippen LogP contribution in [0.5, 0.6) is 0 Å². The average Bonchev–Trinajstić information content (AvgIpc) is 2.89. The highest BCUT2D eigenvalue weighted by molar-refractivity contribution is 7.10. The van der Waals surface area contributed by atoms with Crippen LogP contribution in [0.15, 0.2) is 17.5 Å². The maximum atomic E-state index is 12.0. The first-order valence-electron chi connectivity index (χ1n) is 5.58. The van der Waals surface area contributed by atoms with Crippen LogP contribution in [0, 0.1) is 5.92 Å². The predicted molar refractivity (Wildman–Crippen MR) is 64.6 cm³/mol. The number of likely N-dealkylation sites (tertiary alicyclic amines) is 1. The van der Waals surface area contributed by atoms with Gasteiger partial charge in [-0.1, -0.05) is 6.07 Å². The Bertz CT molecular complexity index is 337. The number of carbonyl (C=O) groups is 1. The summed E-state index contributed by atoms with van der Waals surface area (Å²) in [5.74, 6) is 0.776. The van der Waals surface area contributed by atoms with Gasteiger partial charge in [-0.15, -0.1) is 11.3 Å². The molecule has 1 fully saturated rings. The molecule has 3 nitrogen and oxygen atoms in total. The normalized spacial score (nSPS) is 20.3. The standard InChI is InChI=1S/C12H17NO2S/c1-15-9-10-4-5-13(8-10)12(14)7-11-3-2-6-16-11/h2-3,6,10H,4-5,7-9H2,1H3/t10-/m0/s1. The van der Waals surface area contributed by atoms with Crippen molar-refractivity contribution in [3.05, 3.63) is 22.4 Å². The summed E-state index contributed by atoms with van der Waals surface area (Å²) in [5, 5.41) is 2.01. The smallest absolute Gasteiger partial charge is 0.227 e. The first kappa shape index (κ1) is 11.6. The minimum absolute atomic E-state index is 0.251. The van der Waals surface area contributed by atoms with Crippen LogP contribution in [0.4, 0.5) is 0 Å². The zero-order chi connectivity index (χ0) is 11.4. The van der Waals surface area contributed by atoms with Gasteiger partial charge in [-0.05, 0) is 17.9 Å². The molecule has 16 heavy (non-hydrogen) atoms. The van der Waals surface area contributed by atoms with Gasteiger partial charge >= 0.3 is 0 Å². The second kappa shape index (κ2) is 5.46. The van der Waals surface area contributed by atoms with Crippen LogP contribution < -0.4 is 0 Å². The number of carbonyl (C=O) groups excluding carboxylic acids is 1. The Morgan fingerprint density at radius 3 is 3.25 bits per heavy atom. The number of ether oxygens (including phenoxy) is 1. The number of nitrogens with zero attached hydrogens (tertiary/aromatic N) is 1. The molecule has 2 heterocycles. The third kappa shape index (κ3) is 2.83. The third-order valence-electron chi connectivity index (χ3n) is 2.95. The van der Waals surface area contributed by atoms with E-state index in [4.69, 9.17) is 4.74 Å². The molecule has 0 bridgehead atoms. The van der Waals surface area contributed by atoms with E-state index in [-0.39, 0.29) is 5.91 Å². The van der Waals surface area contributed by atoms with E-state index >= 15 is 0 Å². The summed E-state index contributed by atoms with van der Waals surface area (Å²) >= 11 is 1.65. The Kier molecular flexibility index (Phi) is 3.96. The molecule has 1 aromatic rings. The van der Waals surface area contributed by atoms with Gasteiger partial charge in [0.25, 0.3) is 0 Å². The molecular formula is C12H17NO2S. The van der Waals surface area contributed by atoms with Crippen molar-refractivity contribution < 1.29 is 9.53 Å². The molecule has 88 valence electrons. The van der Waals surface area contributed by atoms with Crippen LogP contribution >= 0.6 is 11.3 Å². The zero-order valence-corrected chi connectivity index (χ0v) is 10.3. The van der Waals surface area contributed by atoms with Crippen LogP contribution in [0.2, 0.25) is 0 Å². The van der Waals surface area contributed by atoms with Gasteiger partial charge in [0, 0.05) is 31.0 Å². The molecule has 0 saturated carbocycles. The SMILES string of the molecule is COC[C@H]1CCN(C(=O)Cc2cccs2)C1. The summed E-state index contributed by atoms with van der Waals surface area (Å²) in [7, 11) is 1.72. The zero-order valence-electron chi connectivity index (χ0n) is 9.52. The lowest BCUT2D eigenvalue weighted by molar-refractivity contribution is -0.129. The quantitative estimate of drug-likeness (QED) is 0.801. The molecule has 2 rings (SSSR count). The third-order valence-corrected chi connectivity index (χ3v) is 3.82. The second-order valence-corrected chi connectivity index (χ2v) is 5.24. The Hall–Kier alpha value is -0.870. The van der Waals surface area contributed by atoms with Crippen molar-refractivity contribution >= 4 is 17.2 Å². The summed E-state index contributed by atoms with van der Waals surface area (Å²) in [6.07, 6.45) is 1.63. The molecular weight excluding hydrogens is 222 g/mol. The average molecular weight is 239 g/mol. The highest BCUT2D eigenvalue weighted by Crippen LogP contribution is 2.18. The van der Waals surface area contributed by atoms with E-state index < -0.39 is 0 Å². The van der Waals surface area contributed by atoms with Gasteiger partial charge < -0.3 is 9.64 Å². The van der Waals surface area contributed by atoms with Crippen molar-refractivity contribution in [1.82, 2.24) is 4.90 Å². The molecule has 0 radical (unpaired) electrons. The summed E-state index contributed by atoms with van der Waals surface area (Å²) < 4.78 is 5.12. The molecule has 0 aromatic carbocycles. The van der Waals surface area contributed by atoms with Crippen molar-refractivity contribution in [2.24, 2.45) is 5.92 Å². The Morgan fingerprint density at radius 2 is 2.56 bits per heavy atom. The largest absolute Gasteiger partial charge is 0.384 e. The Labute approximate surface area is 100 Å². The number of rotatable bonds is 4. The van der Waals surface area contributed by atoms with E-state index in [0.29, 0.717) is 12.3 Å². The van der Waals surface area contributed by atoms with Crippen LogP contribution in [0.3, 0.4) is 0 Å². The van der Waals surface area contributed by atoms with E-state index in [1.54, 1.807) is 18.4 Å². The van der Waals surface area contributed by atoms with E-state index in [1.165, 1.54) is 0 Å². The van der Waals surface area contributed by atoms with Crippen LogP contribution in [-0.4, -0.2) is 37.6 Å². The van der Waals surface area contributed by atoms with E-state index in [9.17, 15) is 4.79 Å². The van der Waals surface area contributed by atoms with Crippen LogP contribution in [-0.2, 0) is 16.0 Å². The fourth-order valence-electron chi connectivity index (χ4n) is 2.10. The monoisotopic (exact) mass is 239 g/mol. The molecule has 1 atom stereocenters. The maximum absolute atomic E-state index is 12.0. The van der Waals surface area contributed by atoms with Gasteiger partial charge in [-0.25, -0.2) is 0 Å². The molecule has 4 heteroatoms. The minimum Gasteiger partial charge on any atom is -0.384 e. The molecule has 1 aliphatic heterocycles. The van der Waals surface area contributed by atoms with Crippen molar-refractivity contribution in [3.63, 3.8) is 0 Å². The van der Waals surface area contributed by atoms with Gasteiger partial charge in [0.05, 0.1) is 13.0 Å². The molecule has 1 amide bonds.